The van der Waals surface area contributed by atoms with E-state index in [9.17, 15) is 40.7 Å². The minimum absolute atomic E-state index is 0.230. The Labute approximate surface area is 145 Å². The number of hydrogen-bond acceptors (Lipinski definition) is 4. The molecule has 2 aromatic rings. The number of halogens is 6. The molecule has 0 aliphatic carbocycles. The quantitative estimate of drug-likeness (QED) is 0.575. The second-order valence-electron chi connectivity index (χ2n) is 5.22. The highest BCUT2D eigenvalue weighted by Gasteiger charge is 2.34. The van der Waals surface area contributed by atoms with Crippen LogP contribution in [0.15, 0.2) is 49.8 Å². The van der Waals surface area contributed by atoms with Crippen LogP contribution in [-0.2, 0) is 13.1 Å². The molecule has 146 valence electrons. The van der Waals surface area contributed by atoms with Crippen LogP contribution in [0, 0.1) is 0 Å². The maximum absolute atomic E-state index is 12.6. The lowest BCUT2D eigenvalue weighted by atomic mass is 10.2. The van der Waals surface area contributed by atoms with Gasteiger partial charge in [0, 0.05) is 0 Å². The van der Waals surface area contributed by atoms with Crippen LogP contribution in [0.4, 0.5) is 26.3 Å². The van der Waals surface area contributed by atoms with Gasteiger partial charge in [-0.25, -0.2) is 23.5 Å². The minimum Gasteiger partial charge on any atom is -0.247 e. The van der Waals surface area contributed by atoms with Gasteiger partial charge < -0.3 is 0 Å². The fourth-order valence-electron chi connectivity index (χ4n) is 2.01. The van der Waals surface area contributed by atoms with Crippen LogP contribution in [0.1, 0.15) is 5.56 Å². The van der Waals surface area contributed by atoms with E-state index >= 15 is 0 Å². The molecule has 0 saturated carbocycles. The molecule has 1 aromatic carbocycles. The van der Waals surface area contributed by atoms with Crippen molar-refractivity contribution in [2.45, 2.75) is 25.4 Å². The smallest absolute Gasteiger partial charge is 0.247 e. The molecule has 0 radical (unpaired) electrons. The topological polar surface area (TPSA) is 78.4 Å². The first-order valence-electron chi connectivity index (χ1n) is 7.09. The van der Waals surface area contributed by atoms with Crippen LogP contribution in [0.5, 0.6) is 0 Å². The predicted octanol–water partition coefficient (Wildman–Crippen LogP) is 1.18. The molecule has 1 heterocycles. The molecule has 13 heteroatoms. The molecule has 0 fully saturated rings. The third-order valence-electron chi connectivity index (χ3n) is 3.08. The summed E-state index contributed by atoms with van der Waals surface area (Å²) in [5.74, 6) is 0. The van der Waals surface area contributed by atoms with Gasteiger partial charge in [0.1, 0.15) is 13.1 Å². The minimum atomic E-state index is -5.09. The summed E-state index contributed by atoms with van der Waals surface area (Å²) in [6.45, 7) is -4.35. The summed E-state index contributed by atoms with van der Waals surface area (Å²) in [4.78, 5) is 35.9. The molecule has 27 heavy (non-hydrogen) atoms. The zero-order valence-corrected chi connectivity index (χ0v) is 13.2. The Morgan fingerprint density at radius 1 is 0.778 bits per heavy atom. The molecular formula is C14H10F6N4O3. The Balaban J connectivity index is 2.71. The van der Waals surface area contributed by atoms with Gasteiger partial charge in [-0.3, -0.25) is 0 Å². The molecular weight excluding hydrogens is 386 g/mol. The molecule has 0 amide bonds. The van der Waals surface area contributed by atoms with Crippen molar-refractivity contribution < 1.29 is 26.3 Å². The highest BCUT2D eigenvalue weighted by atomic mass is 19.4. The highest BCUT2D eigenvalue weighted by molar-refractivity contribution is 5.79. The van der Waals surface area contributed by atoms with E-state index in [0.717, 1.165) is 6.21 Å². The average molecular weight is 396 g/mol. The number of aromatic nitrogens is 3. The van der Waals surface area contributed by atoms with Crippen LogP contribution < -0.4 is 17.1 Å². The van der Waals surface area contributed by atoms with E-state index in [1.54, 1.807) is 6.07 Å². The fourth-order valence-corrected chi connectivity index (χ4v) is 2.01. The fraction of sp³-hybridized carbons (Fsp3) is 0.286. The Morgan fingerprint density at radius 2 is 1.22 bits per heavy atom. The van der Waals surface area contributed by atoms with Crippen LogP contribution in [0.2, 0.25) is 0 Å². The first kappa shape index (κ1) is 20.2. The zero-order valence-electron chi connectivity index (χ0n) is 13.2. The standard InChI is InChI=1S/C14H10F6N4O3/c15-13(16,17)7-22-10(25)23(8-14(18,19)20)12(27)24(11(22)26)21-6-9-4-2-1-3-5-9/h1-6H,7-8H2. The van der Waals surface area contributed by atoms with E-state index in [0.29, 0.717) is 5.56 Å². The van der Waals surface area contributed by atoms with E-state index < -0.39 is 51.6 Å². The molecule has 7 nitrogen and oxygen atoms in total. The summed E-state index contributed by atoms with van der Waals surface area (Å²) in [7, 11) is 0. The van der Waals surface area contributed by atoms with Gasteiger partial charge in [0.05, 0.1) is 6.21 Å². The number of hydrogen-bond donors (Lipinski definition) is 0. The van der Waals surface area contributed by atoms with E-state index in [-0.39, 0.29) is 4.68 Å². The molecule has 0 unspecified atom stereocenters. The number of alkyl halides is 6. The van der Waals surface area contributed by atoms with Gasteiger partial charge in [-0.1, -0.05) is 30.3 Å². The second kappa shape index (κ2) is 7.25. The van der Waals surface area contributed by atoms with Gasteiger partial charge >= 0.3 is 29.4 Å². The van der Waals surface area contributed by atoms with E-state index in [1.807, 2.05) is 0 Å². The summed E-state index contributed by atoms with van der Waals surface area (Å²) in [6.07, 6.45) is -9.31. The molecule has 2 rings (SSSR count). The van der Waals surface area contributed by atoms with Crippen molar-refractivity contribution in [2.24, 2.45) is 5.10 Å². The third kappa shape index (κ3) is 5.18. The van der Waals surface area contributed by atoms with Crippen molar-refractivity contribution in [1.82, 2.24) is 13.8 Å². The summed E-state index contributed by atoms with van der Waals surface area (Å²) in [5, 5.41) is 3.35. The summed E-state index contributed by atoms with van der Waals surface area (Å²) in [5.41, 5.74) is -5.36. The first-order chi connectivity index (χ1) is 12.4. The lowest BCUT2D eigenvalue weighted by Gasteiger charge is -2.14. The lowest BCUT2D eigenvalue weighted by molar-refractivity contribution is -0.146. The van der Waals surface area contributed by atoms with Crippen LogP contribution in [-0.4, -0.2) is 32.4 Å². The zero-order chi connectivity index (χ0) is 20.4. The molecule has 0 saturated heterocycles. The average Bonchev–Trinajstić information content (AvgIpc) is 2.55. The van der Waals surface area contributed by atoms with Crippen LogP contribution in [0.25, 0.3) is 0 Å². The van der Waals surface area contributed by atoms with Gasteiger partial charge in [0.15, 0.2) is 0 Å². The van der Waals surface area contributed by atoms with Crippen molar-refractivity contribution in [1.29, 1.82) is 0 Å². The molecule has 0 aliphatic heterocycles. The van der Waals surface area contributed by atoms with Crippen molar-refractivity contribution in [3.63, 3.8) is 0 Å². The third-order valence-corrected chi connectivity index (χ3v) is 3.08. The molecule has 0 bridgehead atoms. The Bertz CT molecular complexity index is 961. The Hall–Kier alpha value is -3.12. The first-order valence-corrected chi connectivity index (χ1v) is 7.09. The van der Waals surface area contributed by atoms with E-state index in [4.69, 9.17) is 0 Å². The lowest BCUT2D eigenvalue weighted by Crippen LogP contribution is -2.56. The summed E-state index contributed by atoms with van der Waals surface area (Å²) >= 11 is 0. The number of rotatable bonds is 4. The van der Waals surface area contributed by atoms with Crippen LogP contribution >= 0.6 is 0 Å². The Morgan fingerprint density at radius 3 is 1.63 bits per heavy atom. The highest BCUT2D eigenvalue weighted by Crippen LogP contribution is 2.16. The SMILES string of the molecule is O=c1n(CC(F)(F)F)c(=O)n(N=Cc2ccccc2)c(=O)n1CC(F)(F)F. The number of nitrogens with zero attached hydrogens (tertiary/aromatic N) is 4. The van der Waals surface area contributed by atoms with Crippen molar-refractivity contribution in [3.8, 4) is 0 Å². The van der Waals surface area contributed by atoms with Crippen LogP contribution in [0.3, 0.4) is 0 Å². The van der Waals surface area contributed by atoms with E-state index in [1.165, 1.54) is 24.3 Å². The molecule has 0 N–H and O–H groups in total. The largest absolute Gasteiger partial charge is 0.406 e. The van der Waals surface area contributed by atoms with Crippen molar-refractivity contribution >= 4 is 6.21 Å². The monoisotopic (exact) mass is 396 g/mol. The van der Waals surface area contributed by atoms with Gasteiger partial charge in [-0.2, -0.15) is 31.4 Å². The maximum Gasteiger partial charge on any atom is 0.406 e. The van der Waals surface area contributed by atoms with Gasteiger partial charge in [-0.05, 0) is 5.56 Å². The van der Waals surface area contributed by atoms with Gasteiger partial charge in [-0.15, -0.1) is 4.68 Å². The second-order valence-corrected chi connectivity index (χ2v) is 5.22. The van der Waals surface area contributed by atoms with Gasteiger partial charge in [0.25, 0.3) is 0 Å². The maximum atomic E-state index is 12.6. The van der Waals surface area contributed by atoms with Gasteiger partial charge in [0.2, 0.25) is 0 Å². The molecule has 0 aliphatic rings. The Kier molecular flexibility index (Phi) is 5.42. The molecule has 1 aromatic heterocycles. The summed E-state index contributed by atoms with van der Waals surface area (Å²) < 4.78 is 74.3. The summed E-state index contributed by atoms with van der Waals surface area (Å²) in [6, 6.07) is 7.60. The van der Waals surface area contributed by atoms with E-state index in [2.05, 4.69) is 5.10 Å². The molecule has 0 atom stereocenters. The normalized spacial score (nSPS) is 12.7. The van der Waals surface area contributed by atoms with Crippen molar-refractivity contribution in [2.75, 3.05) is 0 Å². The predicted molar refractivity (Wildman–Crippen MR) is 80.8 cm³/mol. The molecule has 0 spiro atoms. The number of benzene rings is 1. The van der Waals surface area contributed by atoms with Crippen molar-refractivity contribution in [3.05, 3.63) is 67.3 Å².